The fourth-order valence-corrected chi connectivity index (χ4v) is 6.07. The molecule has 6 rings (SSSR count). The molecule has 0 radical (unpaired) electrons. The number of nitrogens with zero attached hydrogens (tertiary/aromatic N) is 4. The molecule has 206 valence electrons. The number of fused-ring (bicyclic) bond motifs is 1. The number of piperidine rings is 1. The van der Waals surface area contributed by atoms with Crippen LogP contribution in [0.4, 0.5) is 13.2 Å². The van der Waals surface area contributed by atoms with Gasteiger partial charge in [-0.15, -0.1) is 0 Å². The summed E-state index contributed by atoms with van der Waals surface area (Å²) in [5.74, 6) is 0.0861. The number of carbonyl (C=O) groups is 3. The smallest absolute Gasteiger partial charge is 0.419 e. The Morgan fingerprint density at radius 2 is 1.74 bits per heavy atom. The summed E-state index contributed by atoms with van der Waals surface area (Å²) in [4.78, 5) is 48.5. The molecule has 1 aliphatic carbocycles. The van der Waals surface area contributed by atoms with Crippen molar-refractivity contribution in [2.45, 2.75) is 75.4 Å². The fraction of sp³-hybridized carbons (Fsp3) is 0.519. The molecule has 2 saturated heterocycles. The Kier molecular flexibility index (Phi) is 6.52. The van der Waals surface area contributed by atoms with Crippen molar-refractivity contribution in [1.29, 1.82) is 0 Å². The van der Waals surface area contributed by atoms with E-state index in [9.17, 15) is 27.6 Å². The predicted octanol–water partition coefficient (Wildman–Crippen LogP) is 3.05. The van der Waals surface area contributed by atoms with Crippen molar-refractivity contribution in [3.63, 3.8) is 0 Å². The van der Waals surface area contributed by atoms with Crippen molar-refractivity contribution in [3.05, 3.63) is 53.1 Å². The van der Waals surface area contributed by atoms with E-state index in [0.29, 0.717) is 36.6 Å². The normalized spacial score (nSPS) is 26.3. The summed E-state index contributed by atoms with van der Waals surface area (Å²) in [6, 6.07) is 4.88. The van der Waals surface area contributed by atoms with E-state index in [-0.39, 0.29) is 42.8 Å². The number of ether oxygens (including phenoxy) is 1. The number of nitrogens with one attached hydrogen (secondary N) is 1. The molecule has 12 heteroatoms. The number of imide groups is 1. The van der Waals surface area contributed by atoms with Crippen molar-refractivity contribution >= 4 is 17.7 Å². The molecule has 1 saturated carbocycles. The van der Waals surface area contributed by atoms with E-state index in [1.54, 1.807) is 12.1 Å². The van der Waals surface area contributed by atoms with Gasteiger partial charge in [0.25, 0.3) is 5.91 Å². The highest BCUT2D eigenvalue weighted by molar-refractivity contribution is 6.05. The number of hydrogen-bond donors (Lipinski definition) is 1. The third kappa shape index (κ3) is 4.97. The lowest BCUT2D eigenvalue weighted by Crippen LogP contribution is -2.57. The molecule has 1 N–H and O–H groups in total. The molecule has 3 fully saturated rings. The van der Waals surface area contributed by atoms with Crippen LogP contribution in [0.3, 0.4) is 0 Å². The van der Waals surface area contributed by atoms with Gasteiger partial charge in [0, 0.05) is 56.0 Å². The minimum absolute atomic E-state index is 0.0147. The van der Waals surface area contributed by atoms with E-state index in [2.05, 4.69) is 20.2 Å². The number of hydrogen-bond acceptors (Lipinski definition) is 7. The maximum Gasteiger partial charge on any atom is 0.419 e. The van der Waals surface area contributed by atoms with Gasteiger partial charge in [0.05, 0.1) is 5.56 Å². The van der Waals surface area contributed by atoms with Crippen LogP contribution in [-0.2, 0) is 22.3 Å². The first-order chi connectivity index (χ1) is 18.7. The van der Waals surface area contributed by atoms with E-state index < -0.39 is 23.7 Å². The van der Waals surface area contributed by atoms with E-state index in [1.807, 2.05) is 6.07 Å². The zero-order valence-electron chi connectivity index (χ0n) is 21.1. The highest BCUT2D eigenvalue weighted by atomic mass is 19.4. The first kappa shape index (κ1) is 25.7. The number of benzene rings is 1. The van der Waals surface area contributed by atoms with Crippen LogP contribution >= 0.6 is 0 Å². The predicted molar refractivity (Wildman–Crippen MR) is 131 cm³/mol. The number of amides is 3. The van der Waals surface area contributed by atoms with Gasteiger partial charge >= 0.3 is 6.18 Å². The molecule has 0 unspecified atom stereocenters. The molecule has 0 spiro atoms. The summed E-state index contributed by atoms with van der Waals surface area (Å²) < 4.78 is 44.9. The Morgan fingerprint density at radius 3 is 2.46 bits per heavy atom. The number of carbonyl (C=O) groups excluding carboxylic acids is 3. The minimum Gasteiger partial charge on any atom is -0.489 e. The molecule has 3 aliphatic heterocycles. The molecule has 1 aromatic heterocycles. The Morgan fingerprint density at radius 1 is 1.00 bits per heavy atom. The van der Waals surface area contributed by atoms with E-state index in [1.165, 1.54) is 4.90 Å². The maximum absolute atomic E-state index is 13.0. The SMILES string of the molecule is O=C1CC[C@@H](N2Cc3cc(O[C@H]4CCCC[C@@H]4N4CC(c5ncc(C(F)(F)F)cn5)C4)ccc3C2=O)C(=O)N1. The molecular formula is C27H28F3N5O4. The first-order valence-electron chi connectivity index (χ1n) is 13.2. The van der Waals surface area contributed by atoms with Crippen LogP contribution in [0.25, 0.3) is 0 Å². The number of likely N-dealkylation sites (tertiary alicyclic amines) is 1. The monoisotopic (exact) mass is 543 g/mol. The van der Waals surface area contributed by atoms with Crippen LogP contribution < -0.4 is 10.1 Å². The van der Waals surface area contributed by atoms with Crippen LogP contribution in [0.15, 0.2) is 30.6 Å². The van der Waals surface area contributed by atoms with Crippen LogP contribution in [0.2, 0.25) is 0 Å². The van der Waals surface area contributed by atoms with Crippen molar-refractivity contribution in [1.82, 2.24) is 25.1 Å². The zero-order chi connectivity index (χ0) is 27.3. The molecule has 1 aromatic carbocycles. The number of rotatable bonds is 5. The molecule has 0 bridgehead atoms. The van der Waals surface area contributed by atoms with E-state index in [4.69, 9.17) is 4.74 Å². The fourth-order valence-electron chi connectivity index (χ4n) is 6.07. The second-order valence-electron chi connectivity index (χ2n) is 10.7. The lowest BCUT2D eigenvalue weighted by molar-refractivity contribution is -0.138. The topological polar surface area (TPSA) is 105 Å². The van der Waals surface area contributed by atoms with Crippen molar-refractivity contribution in [2.24, 2.45) is 0 Å². The maximum atomic E-state index is 13.0. The van der Waals surface area contributed by atoms with Crippen molar-refractivity contribution in [3.8, 4) is 5.75 Å². The highest BCUT2D eigenvalue weighted by Crippen LogP contribution is 2.36. The second kappa shape index (κ2) is 9.89. The van der Waals surface area contributed by atoms with Crippen LogP contribution in [0, 0.1) is 0 Å². The molecule has 3 amide bonds. The summed E-state index contributed by atoms with van der Waals surface area (Å²) in [7, 11) is 0. The second-order valence-corrected chi connectivity index (χ2v) is 10.7. The average molecular weight is 544 g/mol. The standard InChI is InChI=1S/C27H28F3N5O4/c28-27(29,30)17-10-31-24(32-11-17)16-12-34(13-16)20-3-1-2-4-22(20)39-18-5-6-19-15(9-18)14-35(26(19)38)21-7-8-23(36)33-25(21)37/h5-6,9-11,16,20-22H,1-4,7-8,12-14H2,(H,33,36,37)/t20-,21+,22-/m0/s1. The molecule has 9 nitrogen and oxygen atoms in total. The number of aromatic nitrogens is 2. The van der Waals surface area contributed by atoms with Gasteiger partial charge in [-0.2, -0.15) is 13.2 Å². The summed E-state index contributed by atoms with van der Waals surface area (Å²) >= 11 is 0. The van der Waals surface area contributed by atoms with Crippen molar-refractivity contribution < 1.29 is 32.3 Å². The Hall–Kier alpha value is -3.54. The van der Waals surface area contributed by atoms with Crippen LogP contribution in [0.1, 0.15) is 71.8 Å². The molecule has 4 heterocycles. The third-order valence-corrected chi connectivity index (χ3v) is 8.19. The van der Waals surface area contributed by atoms with E-state index >= 15 is 0 Å². The van der Waals surface area contributed by atoms with Gasteiger partial charge in [-0.3, -0.25) is 24.6 Å². The van der Waals surface area contributed by atoms with Gasteiger partial charge in [0.2, 0.25) is 11.8 Å². The van der Waals surface area contributed by atoms with Gasteiger partial charge in [0.1, 0.15) is 23.7 Å². The third-order valence-electron chi connectivity index (χ3n) is 8.19. The summed E-state index contributed by atoms with van der Waals surface area (Å²) in [5, 5.41) is 2.31. The number of alkyl halides is 3. The average Bonchev–Trinajstić information content (AvgIpc) is 3.19. The lowest BCUT2D eigenvalue weighted by Gasteiger charge is -2.47. The van der Waals surface area contributed by atoms with Gasteiger partial charge in [-0.1, -0.05) is 6.42 Å². The molecule has 3 atom stereocenters. The zero-order valence-corrected chi connectivity index (χ0v) is 21.1. The van der Waals surface area contributed by atoms with Crippen molar-refractivity contribution in [2.75, 3.05) is 13.1 Å². The molecule has 2 aromatic rings. The van der Waals surface area contributed by atoms with Gasteiger partial charge < -0.3 is 9.64 Å². The Labute approximate surface area is 222 Å². The molecular weight excluding hydrogens is 515 g/mol. The minimum atomic E-state index is -4.45. The Balaban J connectivity index is 1.09. The first-order valence-corrected chi connectivity index (χ1v) is 13.2. The Bertz CT molecular complexity index is 1300. The number of halogens is 3. The molecule has 4 aliphatic rings. The summed E-state index contributed by atoms with van der Waals surface area (Å²) in [5.41, 5.74) is 0.479. The highest BCUT2D eigenvalue weighted by Gasteiger charge is 2.42. The van der Waals surface area contributed by atoms with Gasteiger partial charge in [-0.25, -0.2) is 9.97 Å². The van der Waals surface area contributed by atoms with Gasteiger partial charge in [0.15, 0.2) is 0 Å². The lowest BCUT2D eigenvalue weighted by atomic mass is 9.86. The van der Waals surface area contributed by atoms with Crippen LogP contribution in [0.5, 0.6) is 5.75 Å². The van der Waals surface area contributed by atoms with E-state index in [0.717, 1.165) is 43.6 Å². The van der Waals surface area contributed by atoms with Crippen LogP contribution in [-0.4, -0.2) is 68.8 Å². The summed E-state index contributed by atoms with van der Waals surface area (Å²) in [6.07, 6.45) is 1.63. The van der Waals surface area contributed by atoms with Gasteiger partial charge in [-0.05, 0) is 49.4 Å². The quantitative estimate of drug-likeness (QED) is 0.578. The largest absolute Gasteiger partial charge is 0.489 e. The summed E-state index contributed by atoms with van der Waals surface area (Å²) in [6.45, 7) is 1.61. The molecule has 39 heavy (non-hydrogen) atoms.